The Morgan fingerprint density at radius 1 is 1.24 bits per heavy atom. The molecule has 98 valence electrons. The zero-order valence-electron chi connectivity index (χ0n) is 11.1. The van der Waals surface area contributed by atoms with E-state index in [0.717, 1.165) is 12.8 Å². The summed E-state index contributed by atoms with van der Waals surface area (Å²) in [4.78, 5) is 23.5. The van der Waals surface area contributed by atoms with Crippen molar-refractivity contribution in [1.29, 1.82) is 0 Å². The highest BCUT2D eigenvalue weighted by molar-refractivity contribution is 5.87. The lowest BCUT2D eigenvalue weighted by Gasteiger charge is -2.27. The lowest BCUT2D eigenvalue weighted by atomic mass is 9.90. The predicted octanol–water partition coefficient (Wildman–Crippen LogP) is 0.00220. The number of carbonyl (C=O) groups excluding carboxylic acids is 2. The molecule has 1 rings (SSSR count). The fraction of sp³-hybridized carbons (Fsp3) is 0.833. The van der Waals surface area contributed by atoms with Crippen LogP contribution in [-0.2, 0) is 9.59 Å². The van der Waals surface area contributed by atoms with Crippen molar-refractivity contribution < 1.29 is 9.59 Å². The molecule has 0 aromatic rings. The molecule has 1 aliphatic rings. The van der Waals surface area contributed by atoms with E-state index in [2.05, 4.69) is 10.6 Å². The first-order valence-electron chi connectivity index (χ1n) is 6.01. The number of hydrogen-bond acceptors (Lipinski definition) is 3. The van der Waals surface area contributed by atoms with Crippen LogP contribution in [0.4, 0.5) is 0 Å². The number of nitrogens with two attached hydrogens (primary N) is 1. The highest BCUT2D eigenvalue weighted by Crippen LogP contribution is 2.38. The molecule has 5 heteroatoms. The van der Waals surface area contributed by atoms with Crippen LogP contribution in [0.2, 0.25) is 0 Å². The molecule has 0 heterocycles. The molecule has 0 bridgehead atoms. The average molecular weight is 241 g/mol. The molecular formula is C12H23N3O2. The Hall–Kier alpha value is -1.10. The van der Waals surface area contributed by atoms with E-state index in [-0.39, 0.29) is 17.7 Å². The summed E-state index contributed by atoms with van der Waals surface area (Å²) in [6.07, 6.45) is 2.03. The minimum atomic E-state index is -0.807. The van der Waals surface area contributed by atoms with Crippen LogP contribution < -0.4 is 16.4 Å². The molecule has 1 unspecified atom stereocenters. The monoisotopic (exact) mass is 241 g/mol. The maximum atomic E-state index is 11.9. The van der Waals surface area contributed by atoms with E-state index >= 15 is 0 Å². The van der Waals surface area contributed by atoms with E-state index in [4.69, 9.17) is 5.73 Å². The van der Waals surface area contributed by atoms with Crippen molar-refractivity contribution in [3.63, 3.8) is 0 Å². The molecule has 0 radical (unpaired) electrons. The molecular weight excluding hydrogens is 218 g/mol. The molecule has 0 aliphatic heterocycles. The van der Waals surface area contributed by atoms with E-state index in [0.29, 0.717) is 6.54 Å². The summed E-state index contributed by atoms with van der Waals surface area (Å²) in [7, 11) is 1.59. The van der Waals surface area contributed by atoms with Crippen molar-refractivity contribution in [2.75, 3.05) is 13.6 Å². The highest BCUT2D eigenvalue weighted by Gasteiger charge is 2.44. The number of nitrogens with one attached hydrogen (secondary N) is 2. The SMILES string of the molecule is CNC(=O)C(C)(C)CNC(=O)C(C)(N)C1CC1. The van der Waals surface area contributed by atoms with E-state index in [1.807, 2.05) is 0 Å². The van der Waals surface area contributed by atoms with Crippen LogP contribution in [0, 0.1) is 11.3 Å². The largest absolute Gasteiger partial charge is 0.359 e. The van der Waals surface area contributed by atoms with Gasteiger partial charge < -0.3 is 16.4 Å². The van der Waals surface area contributed by atoms with Gasteiger partial charge >= 0.3 is 0 Å². The second-order valence-electron chi connectivity index (χ2n) is 5.70. The fourth-order valence-corrected chi connectivity index (χ4v) is 1.78. The normalized spacial score (nSPS) is 19.4. The molecule has 2 amide bonds. The molecule has 5 nitrogen and oxygen atoms in total. The number of carbonyl (C=O) groups is 2. The molecule has 0 spiro atoms. The van der Waals surface area contributed by atoms with E-state index < -0.39 is 11.0 Å². The fourth-order valence-electron chi connectivity index (χ4n) is 1.78. The molecule has 4 N–H and O–H groups in total. The van der Waals surface area contributed by atoms with Crippen molar-refractivity contribution in [2.24, 2.45) is 17.1 Å². The smallest absolute Gasteiger partial charge is 0.240 e. The maximum Gasteiger partial charge on any atom is 0.240 e. The molecule has 0 aromatic heterocycles. The Balaban J connectivity index is 2.50. The lowest BCUT2D eigenvalue weighted by molar-refractivity contribution is -0.130. The first kappa shape index (κ1) is 14.0. The molecule has 0 saturated heterocycles. The Morgan fingerprint density at radius 3 is 2.18 bits per heavy atom. The second kappa shape index (κ2) is 4.64. The molecule has 1 saturated carbocycles. The summed E-state index contributed by atoms with van der Waals surface area (Å²) in [6.45, 7) is 5.63. The predicted molar refractivity (Wildman–Crippen MR) is 66.2 cm³/mol. The van der Waals surface area contributed by atoms with Crippen molar-refractivity contribution in [2.45, 2.75) is 39.2 Å². The molecule has 1 aliphatic carbocycles. The zero-order valence-corrected chi connectivity index (χ0v) is 11.1. The number of amides is 2. The highest BCUT2D eigenvalue weighted by atomic mass is 16.2. The van der Waals surface area contributed by atoms with Gasteiger partial charge in [-0.1, -0.05) is 0 Å². The van der Waals surface area contributed by atoms with Gasteiger partial charge in [0.25, 0.3) is 0 Å². The summed E-state index contributed by atoms with van der Waals surface area (Å²) in [6, 6.07) is 0. The van der Waals surface area contributed by atoms with Gasteiger partial charge in [0.1, 0.15) is 0 Å². The Bertz CT molecular complexity index is 320. The third-order valence-corrected chi connectivity index (χ3v) is 3.45. The number of hydrogen-bond donors (Lipinski definition) is 3. The molecule has 1 atom stereocenters. The van der Waals surface area contributed by atoms with Crippen LogP contribution in [0.1, 0.15) is 33.6 Å². The first-order valence-corrected chi connectivity index (χ1v) is 6.01. The summed E-state index contributed by atoms with van der Waals surface area (Å²) in [5, 5.41) is 5.36. The van der Waals surface area contributed by atoms with Crippen molar-refractivity contribution in [1.82, 2.24) is 10.6 Å². The zero-order chi connectivity index (χ0) is 13.3. The number of rotatable bonds is 5. The van der Waals surface area contributed by atoms with Gasteiger partial charge in [0.2, 0.25) is 11.8 Å². The summed E-state index contributed by atoms with van der Waals surface area (Å²) in [5.41, 5.74) is 4.56. The van der Waals surface area contributed by atoms with Crippen LogP contribution in [0.15, 0.2) is 0 Å². The third-order valence-electron chi connectivity index (χ3n) is 3.45. The topological polar surface area (TPSA) is 84.2 Å². The molecule has 17 heavy (non-hydrogen) atoms. The van der Waals surface area contributed by atoms with Gasteiger partial charge in [-0.25, -0.2) is 0 Å². The Kier molecular flexibility index (Phi) is 3.81. The molecule has 1 fully saturated rings. The van der Waals surface area contributed by atoms with Gasteiger partial charge in [-0.15, -0.1) is 0 Å². The van der Waals surface area contributed by atoms with Gasteiger partial charge in [-0.2, -0.15) is 0 Å². The van der Waals surface area contributed by atoms with E-state index in [9.17, 15) is 9.59 Å². The third kappa shape index (κ3) is 3.19. The maximum absolute atomic E-state index is 11.9. The standard InChI is InChI=1S/C12H23N3O2/c1-11(2,9(16)14-4)7-15-10(17)12(3,13)8-5-6-8/h8H,5-7,13H2,1-4H3,(H,14,16)(H,15,17). The van der Waals surface area contributed by atoms with Gasteiger partial charge in [-0.3, -0.25) is 9.59 Å². The van der Waals surface area contributed by atoms with E-state index in [1.165, 1.54) is 0 Å². The minimum Gasteiger partial charge on any atom is -0.359 e. The summed E-state index contributed by atoms with van der Waals surface area (Å²) >= 11 is 0. The average Bonchev–Trinajstić information content (AvgIpc) is 3.08. The lowest BCUT2D eigenvalue weighted by Crippen LogP contribution is -2.55. The summed E-state index contributed by atoms with van der Waals surface area (Å²) in [5.74, 6) is 0.0190. The van der Waals surface area contributed by atoms with Gasteiger partial charge in [0.15, 0.2) is 0 Å². The Morgan fingerprint density at radius 2 is 1.76 bits per heavy atom. The molecule has 0 aromatic carbocycles. The second-order valence-corrected chi connectivity index (χ2v) is 5.70. The van der Waals surface area contributed by atoms with Crippen LogP contribution in [-0.4, -0.2) is 30.9 Å². The summed E-state index contributed by atoms with van der Waals surface area (Å²) < 4.78 is 0. The van der Waals surface area contributed by atoms with Crippen molar-refractivity contribution >= 4 is 11.8 Å². The van der Waals surface area contributed by atoms with Crippen LogP contribution in [0.3, 0.4) is 0 Å². The van der Waals surface area contributed by atoms with Crippen LogP contribution >= 0.6 is 0 Å². The van der Waals surface area contributed by atoms with Crippen molar-refractivity contribution in [3.8, 4) is 0 Å². The van der Waals surface area contributed by atoms with Gasteiger partial charge in [-0.05, 0) is 39.5 Å². The quantitative estimate of drug-likeness (QED) is 0.633. The van der Waals surface area contributed by atoms with Crippen LogP contribution in [0.5, 0.6) is 0 Å². The minimum absolute atomic E-state index is 0.0945. The van der Waals surface area contributed by atoms with Crippen LogP contribution in [0.25, 0.3) is 0 Å². The van der Waals surface area contributed by atoms with Crippen molar-refractivity contribution in [3.05, 3.63) is 0 Å². The van der Waals surface area contributed by atoms with Gasteiger partial charge in [0.05, 0.1) is 11.0 Å². The first-order chi connectivity index (χ1) is 7.71. The van der Waals surface area contributed by atoms with E-state index in [1.54, 1.807) is 27.8 Å². The Labute approximate surface area is 103 Å². The van der Waals surface area contributed by atoms with Gasteiger partial charge in [0, 0.05) is 13.6 Å².